The minimum Gasteiger partial charge on any atom is -0.141 e. The first kappa shape index (κ1) is 16.9. The third-order valence-electron chi connectivity index (χ3n) is 3.81. The van der Waals surface area contributed by atoms with Gasteiger partial charge in [0.15, 0.2) is 0 Å². The van der Waals surface area contributed by atoms with Crippen molar-refractivity contribution in [3.05, 3.63) is 90.9 Å². The van der Waals surface area contributed by atoms with Crippen LogP contribution in [0.3, 0.4) is 0 Å². The number of rotatable bonds is 4. The minimum atomic E-state index is 1.01. The normalized spacial score (nSPS) is 15.5. The molecule has 0 saturated heterocycles. The molecule has 2 heterocycles. The Morgan fingerprint density at radius 3 is 1.96 bits per heavy atom. The summed E-state index contributed by atoms with van der Waals surface area (Å²) in [5, 5.41) is 0. The zero-order chi connectivity index (χ0) is 16.9. The lowest BCUT2D eigenvalue weighted by molar-refractivity contribution is 1.16. The molecule has 3 rings (SSSR count). The largest absolute Gasteiger partial charge is 0.141 e. The highest BCUT2D eigenvalue weighted by molar-refractivity contribution is 7.13. The SMILES string of the molecule is CC1=CC(/C=C/c2ccc(C)s2)=CC=C(/C=C/c2ccc(C)s2)C1. The predicted molar refractivity (Wildman–Crippen MR) is 111 cm³/mol. The summed E-state index contributed by atoms with van der Waals surface area (Å²) in [5.74, 6) is 0. The highest BCUT2D eigenvalue weighted by atomic mass is 32.1. The Morgan fingerprint density at radius 2 is 1.38 bits per heavy atom. The molecule has 0 atom stereocenters. The maximum Gasteiger partial charge on any atom is 0.0273 e. The molecular formula is C22H22S2. The van der Waals surface area contributed by atoms with Crippen LogP contribution in [0.15, 0.2) is 71.4 Å². The summed E-state index contributed by atoms with van der Waals surface area (Å²) in [5.41, 5.74) is 4.00. The minimum absolute atomic E-state index is 1.01. The van der Waals surface area contributed by atoms with E-state index in [1.807, 2.05) is 22.7 Å². The first-order valence-corrected chi connectivity index (χ1v) is 9.79. The van der Waals surface area contributed by atoms with E-state index < -0.39 is 0 Å². The van der Waals surface area contributed by atoms with Crippen molar-refractivity contribution < 1.29 is 0 Å². The molecule has 1 aliphatic rings. The maximum atomic E-state index is 2.28. The average molecular weight is 351 g/mol. The van der Waals surface area contributed by atoms with E-state index >= 15 is 0 Å². The predicted octanol–water partition coefficient (Wildman–Crippen LogP) is 7.36. The van der Waals surface area contributed by atoms with Gasteiger partial charge < -0.3 is 0 Å². The van der Waals surface area contributed by atoms with Gasteiger partial charge in [0.2, 0.25) is 0 Å². The number of thiophene rings is 2. The summed E-state index contributed by atoms with van der Waals surface area (Å²) in [6.45, 7) is 6.50. The van der Waals surface area contributed by atoms with Crippen LogP contribution in [0, 0.1) is 13.8 Å². The first-order chi connectivity index (χ1) is 11.6. The molecule has 0 saturated carbocycles. The van der Waals surface area contributed by atoms with E-state index in [0.717, 1.165) is 6.42 Å². The van der Waals surface area contributed by atoms with Gasteiger partial charge in [0.1, 0.15) is 0 Å². The molecule has 122 valence electrons. The fourth-order valence-electron chi connectivity index (χ4n) is 2.64. The van der Waals surface area contributed by atoms with Crippen LogP contribution in [0.2, 0.25) is 0 Å². The maximum absolute atomic E-state index is 2.28. The van der Waals surface area contributed by atoms with Crippen LogP contribution in [0.1, 0.15) is 32.9 Å². The van der Waals surface area contributed by atoms with E-state index in [-0.39, 0.29) is 0 Å². The van der Waals surface area contributed by atoms with Crippen LogP contribution in [-0.2, 0) is 0 Å². The summed E-state index contributed by atoms with van der Waals surface area (Å²) < 4.78 is 0. The second kappa shape index (κ2) is 7.78. The molecule has 0 unspecified atom stereocenters. The summed E-state index contributed by atoms with van der Waals surface area (Å²) in [6.07, 6.45) is 16.6. The smallest absolute Gasteiger partial charge is 0.0273 e. The number of hydrogen-bond acceptors (Lipinski definition) is 2. The van der Waals surface area contributed by atoms with Crippen molar-refractivity contribution in [1.82, 2.24) is 0 Å². The van der Waals surface area contributed by atoms with Crippen LogP contribution in [0.4, 0.5) is 0 Å². The van der Waals surface area contributed by atoms with Gasteiger partial charge in [-0.3, -0.25) is 0 Å². The molecule has 0 nitrogen and oxygen atoms in total. The lowest BCUT2D eigenvalue weighted by Gasteiger charge is -1.99. The van der Waals surface area contributed by atoms with E-state index in [0.29, 0.717) is 0 Å². The monoisotopic (exact) mass is 350 g/mol. The molecule has 0 aromatic carbocycles. The van der Waals surface area contributed by atoms with Gasteiger partial charge in [-0.05, 0) is 74.8 Å². The van der Waals surface area contributed by atoms with Gasteiger partial charge in [-0.2, -0.15) is 0 Å². The van der Waals surface area contributed by atoms with Gasteiger partial charge in [-0.1, -0.05) is 36.0 Å². The van der Waals surface area contributed by atoms with Crippen LogP contribution < -0.4 is 0 Å². The van der Waals surface area contributed by atoms with Crippen molar-refractivity contribution in [2.45, 2.75) is 27.2 Å². The second-order valence-corrected chi connectivity index (χ2v) is 8.78. The molecule has 0 radical (unpaired) electrons. The van der Waals surface area contributed by atoms with E-state index in [2.05, 4.69) is 87.6 Å². The molecule has 0 aliphatic heterocycles. The fraction of sp³-hybridized carbons (Fsp3) is 0.182. The molecule has 2 aromatic heterocycles. The van der Waals surface area contributed by atoms with E-state index in [4.69, 9.17) is 0 Å². The van der Waals surface area contributed by atoms with Crippen molar-refractivity contribution in [2.75, 3.05) is 0 Å². The topological polar surface area (TPSA) is 0 Å². The van der Waals surface area contributed by atoms with Gasteiger partial charge >= 0.3 is 0 Å². The van der Waals surface area contributed by atoms with E-state index in [1.165, 1.54) is 36.2 Å². The lowest BCUT2D eigenvalue weighted by atomic mass is 10.1. The number of allylic oxidation sites excluding steroid dienone is 8. The van der Waals surface area contributed by atoms with Gasteiger partial charge in [0, 0.05) is 19.5 Å². The average Bonchev–Trinajstić information content (AvgIpc) is 3.10. The summed E-state index contributed by atoms with van der Waals surface area (Å²) in [7, 11) is 0. The van der Waals surface area contributed by atoms with Gasteiger partial charge in [0.05, 0.1) is 0 Å². The standard InChI is InChI=1S/C22H22S2/c1-16-14-19(8-12-21-10-4-17(2)23-21)6-7-20(15-16)9-13-22-11-5-18(3)24-22/h4-14H,15H2,1-3H3/b12-8+,13-9+. The highest BCUT2D eigenvalue weighted by Crippen LogP contribution is 2.23. The molecule has 2 heteroatoms. The Balaban J connectivity index is 1.75. The zero-order valence-corrected chi connectivity index (χ0v) is 16.0. The van der Waals surface area contributed by atoms with Crippen molar-refractivity contribution in [1.29, 1.82) is 0 Å². The molecule has 0 spiro atoms. The molecule has 0 fully saturated rings. The van der Waals surface area contributed by atoms with Crippen LogP contribution in [0.25, 0.3) is 12.2 Å². The molecule has 1 aliphatic carbocycles. The number of aryl methyl sites for hydroxylation is 2. The Bertz CT molecular complexity index is 863. The van der Waals surface area contributed by atoms with Crippen LogP contribution in [-0.4, -0.2) is 0 Å². The highest BCUT2D eigenvalue weighted by Gasteiger charge is 2.01. The Hall–Kier alpha value is -1.90. The van der Waals surface area contributed by atoms with Crippen molar-refractivity contribution in [3.63, 3.8) is 0 Å². The molecular weight excluding hydrogens is 328 g/mol. The van der Waals surface area contributed by atoms with Crippen LogP contribution >= 0.6 is 22.7 Å². The second-order valence-electron chi connectivity index (χ2n) is 6.14. The third kappa shape index (κ3) is 4.80. The Labute approximate surface area is 152 Å². The van der Waals surface area contributed by atoms with Gasteiger partial charge in [-0.25, -0.2) is 0 Å². The van der Waals surface area contributed by atoms with E-state index in [9.17, 15) is 0 Å². The van der Waals surface area contributed by atoms with Gasteiger partial charge in [0.25, 0.3) is 0 Å². The summed E-state index contributed by atoms with van der Waals surface area (Å²) in [4.78, 5) is 5.33. The van der Waals surface area contributed by atoms with Gasteiger partial charge in [-0.15, -0.1) is 22.7 Å². The molecule has 2 aromatic rings. The van der Waals surface area contributed by atoms with Crippen molar-refractivity contribution in [3.8, 4) is 0 Å². The first-order valence-electron chi connectivity index (χ1n) is 8.15. The summed E-state index contributed by atoms with van der Waals surface area (Å²) >= 11 is 3.67. The van der Waals surface area contributed by atoms with Crippen molar-refractivity contribution >= 4 is 34.8 Å². The van der Waals surface area contributed by atoms with E-state index in [1.54, 1.807) is 0 Å². The zero-order valence-electron chi connectivity index (χ0n) is 14.4. The summed E-state index contributed by atoms with van der Waals surface area (Å²) in [6, 6.07) is 8.70. The Kier molecular flexibility index (Phi) is 5.49. The van der Waals surface area contributed by atoms with Crippen LogP contribution in [0.5, 0.6) is 0 Å². The fourth-order valence-corrected chi connectivity index (χ4v) is 4.20. The molecule has 0 N–H and O–H groups in total. The lowest BCUT2D eigenvalue weighted by Crippen LogP contribution is -1.79. The van der Waals surface area contributed by atoms with Crippen molar-refractivity contribution in [2.24, 2.45) is 0 Å². The molecule has 0 amide bonds. The molecule has 24 heavy (non-hydrogen) atoms. The quantitative estimate of drug-likeness (QED) is 0.540. The molecule has 0 bridgehead atoms. The number of hydrogen-bond donors (Lipinski definition) is 0. The Morgan fingerprint density at radius 1 is 0.750 bits per heavy atom. The third-order valence-corrected chi connectivity index (χ3v) is 5.74.